The average Bonchev–Trinajstić information content (AvgIpc) is 2.34. The van der Waals surface area contributed by atoms with Crippen LogP contribution in [0.2, 0.25) is 0 Å². The van der Waals surface area contributed by atoms with E-state index in [9.17, 15) is 10.1 Å². The monoisotopic (exact) mass is 268 g/mol. The van der Waals surface area contributed by atoms with Crippen molar-refractivity contribution in [3.63, 3.8) is 0 Å². The summed E-state index contributed by atoms with van der Waals surface area (Å²) < 4.78 is 5.05. The molecule has 19 heavy (non-hydrogen) atoms. The van der Waals surface area contributed by atoms with Gasteiger partial charge >= 0.3 is 5.69 Å². The van der Waals surface area contributed by atoms with Crippen LogP contribution in [0.15, 0.2) is 12.1 Å². The minimum atomic E-state index is -0.547. The maximum Gasteiger partial charge on any atom is 0.311 e. The largest absolute Gasteiger partial charge is 0.385 e. The molecule has 0 fully saturated rings. The van der Waals surface area contributed by atoms with E-state index in [2.05, 4.69) is 24.1 Å². The highest BCUT2D eigenvalue weighted by Gasteiger charge is 2.18. The molecule has 0 spiro atoms. The number of ether oxygens (including phenoxy) is 1. The number of pyridine rings is 1. The van der Waals surface area contributed by atoms with E-state index in [1.165, 1.54) is 6.07 Å². The Morgan fingerprint density at radius 1 is 1.53 bits per heavy atom. The molecular formula is C12H20N4O3. The number of hydrogen-bond donors (Lipinski definition) is 2. The number of nitro groups is 1. The van der Waals surface area contributed by atoms with Gasteiger partial charge in [-0.05, 0) is 17.9 Å². The number of aromatic nitrogens is 1. The van der Waals surface area contributed by atoms with Crippen LogP contribution in [0.1, 0.15) is 20.3 Å². The summed E-state index contributed by atoms with van der Waals surface area (Å²) in [4.78, 5) is 14.0. The summed E-state index contributed by atoms with van der Waals surface area (Å²) >= 11 is 0. The molecule has 0 aliphatic carbocycles. The molecule has 0 aliphatic heterocycles. The van der Waals surface area contributed by atoms with Crippen LogP contribution in [-0.4, -0.2) is 30.2 Å². The van der Waals surface area contributed by atoms with Gasteiger partial charge in [-0.25, -0.2) is 4.98 Å². The molecule has 0 radical (unpaired) electrons. The molecule has 0 amide bonds. The Balaban J connectivity index is 2.63. The molecule has 0 aromatic carbocycles. The van der Waals surface area contributed by atoms with Crippen molar-refractivity contribution in [1.29, 1.82) is 0 Å². The predicted octanol–water partition coefficient (Wildman–Crippen LogP) is 2.05. The topological polar surface area (TPSA) is 103 Å². The number of nitrogens with zero attached hydrogens (tertiary/aromatic N) is 2. The van der Waals surface area contributed by atoms with E-state index in [1.807, 2.05) is 0 Å². The van der Waals surface area contributed by atoms with Gasteiger partial charge < -0.3 is 15.8 Å². The second kappa shape index (κ2) is 6.33. The highest BCUT2D eigenvalue weighted by Crippen LogP contribution is 2.23. The zero-order valence-corrected chi connectivity index (χ0v) is 11.5. The van der Waals surface area contributed by atoms with Gasteiger partial charge in [0.2, 0.25) is 5.82 Å². The second-order valence-corrected chi connectivity index (χ2v) is 5.12. The Hall–Kier alpha value is -1.89. The van der Waals surface area contributed by atoms with Gasteiger partial charge in [-0.3, -0.25) is 10.1 Å². The highest BCUT2D eigenvalue weighted by molar-refractivity contribution is 5.57. The van der Waals surface area contributed by atoms with Crippen molar-refractivity contribution in [2.75, 3.05) is 31.3 Å². The fraction of sp³-hybridized carbons (Fsp3) is 0.583. The second-order valence-electron chi connectivity index (χ2n) is 5.12. The van der Waals surface area contributed by atoms with Gasteiger partial charge in [0.1, 0.15) is 5.82 Å². The number of nitrogens with two attached hydrogens (primary N) is 1. The molecule has 0 saturated carbocycles. The molecule has 1 aromatic rings. The zero-order valence-electron chi connectivity index (χ0n) is 11.5. The molecule has 7 nitrogen and oxygen atoms in total. The summed E-state index contributed by atoms with van der Waals surface area (Å²) in [7, 11) is 1.67. The van der Waals surface area contributed by atoms with Crippen LogP contribution >= 0.6 is 0 Å². The lowest BCUT2D eigenvalue weighted by Crippen LogP contribution is -2.25. The smallest absolute Gasteiger partial charge is 0.311 e. The van der Waals surface area contributed by atoms with Crippen LogP contribution in [0.3, 0.4) is 0 Å². The van der Waals surface area contributed by atoms with Crippen molar-refractivity contribution in [3.05, 3.63) is 22.2 Å². The summed E-state index contributed by atoms with van der Waals surface area (Å²) in [6.45, 7) is 5.58. The summed E-state index contributed by atoms with van der Waals surface area (Å²) in [6.07, 6.45) is 0.902. The lowest BCUT2D eigenvalue weighted by molar-refractivity contribution is -0.384. The minimum Gasteiger partial charge on any atom is -0.385 e. The molecule has 1 heterocycles. The Kier molecular flexibility index (Phi) is 5.05. The Morgan fingerprint density at radius 2 is 2.21 bits per heavy atom. The third kappa shape index (κ3) is 4.70. The molecule has 0 atom stereocenters. The van der Waals surface area contributed by atoms with E-state index in [0.29, 0.717) is 19.0 Å². The molecule has 0 unspecified atom stereocenters. The molecular weight excluding hydrogens is 248 g/mol. The molecule has 7 heteroatoms. The van der Waals surface area contributed by atoms with Crippen molar-refractivity contribution in [2.24, 2.45) is 5.41 Å². The van der Waals surface area contributed by atoms with Crippen LogP contribution in [0.4, 0.5) is 17.3 Å². The quantitative estimate of drug-likeness (QED) is 0.579. The van der Waals surface area contributed by atoms with Gasteiger partial charge in [0.05, 0.1) is 4.92 Å². The van der Waals surface area contributed by atoms with E-state index < -0.39 is 4.92 Å². The lowest BCUT2D eigenvalue weighted by Gasteiger charge is -2.24. The first-order chi connectivity index (χ1) is 8.85. The minimum absolute atomic E-state index is 0.0359. The molecule has 3 N–H and O–H groups in total. The fourth-order valence-corrected chi connectivity index (χ4v) is 1.52. The molecule has 1 aromatic heterocycles. The number of rotatable bonds is 7. The van der Waals surface area contributed by atoms with Crippen molar-refractivity contribution >= 4 is 17.3 Å². The fourth-order valence-electron chi connectivity index (χ4n) is 1.52. The molecule has 0 bridgehead atoms. The van der Waals surface area contributed by atoms with Crippen molar-refractivity contribution in [1.82, 2.24) is 4.98 Å². The van der Waals surface area contributed by atoms with Crippen LogP contribution in [0.5, 0.6) is 0 Å². The Bertz CT molecular complexity index is 449. The number of methoxy groups -OCH3 is 1. The summed E-state index contributed by atoms with van der Waals surface area (Å²) in [5.41, 5.74) is 5.39. The van der Waals surface area contributed by atoms with Crippen molar-refractivity contribution < 1.29 is 9.66 Å². The third-order valence-corrected chi connectivity index (χ3v) is 2.83. The normalized spacial score (nSPS) is 11.3. The van der Waals surface area contributed by atoms with E-state index in [-0.39, 0.29) is 16.9 Å². The van der Waals surface area contributed by atoms with E-state index >= 15 is 0 Å². The maximum atomic E-state index is 10.6. The number of nitrogen functional groups attached to an aromatic ring is 1. The van der Waals surface area contributed by atoms with E-state index in [1.54, 1.807) is 13.2 Å². The van der Waals surface area contributed by atoms with Gasteiger partial charge in [-0.1, -0.05) is 13.8 Å². The first kappa shape index (κ1) is 15.2. The molecule has 0 aliphatic rings. The third-order valence-electron chi connectivity index (χ3n) is 2.83. The van der Waals surface area contributed by atoms with E-state index in [0.717, 1.165) is 6.42 Å². The number of hydrogen-bond acceptors (Lipinski definition) is 6. The lowest BCUT2D eigenvalue weighted by atomic mass is 9.90. The standard InChI is InChI=1S/C12H20N4O3/c1-12(2,6-7-19-3)8-14-10-5-4-9(16(17)18)11(13)15-10/h4-5H,6-8H2,1-3H3,(H3,13,14,15). The Morgan fingerprint density at radius 3 is 2.74 bits per heavy atom. The van der Waals surface area contributed by atoms with Gasteiger partial charge in [0, 0.05) is 26.3 Å². The average molecular weight is 268 g/mol. The van der Waals surface area contributed by atoms with Gasteiger partial charge in [0.25, 0.3) is 0 Å². The summed E-state index contributed by atoms with van der Waals surface area (Å²) in [6, 6.07) is 2.91. The zero-order chi connectivity index (χ0) is 14.5. The summed E-state index contributed by atoms with van der Waals surface area (Å²) in [5, 5.41) is 13.8. The van der Waals surface area contributed by atoms with Crippen LogP contribution in [0.25, 0.3) is 0 Å². The summed E-state index contributed by atoms with van der Waals surface area (Å²) in [5.74, 6) is 0.457. The van der Waals surface area contributed by atoms with Crippen LogP contribution in [0, 0.1) is 15.5 Å². The van der Waals surface area contributed by atoms with Crippen molar-refractivity contribution in [3.8, 4) is 0 Å². The highest BCUT2D eigenvalue weighted by atomic mass is 16.6. The first-order valence-corrected chi connectivity index (χ1v) is 5.99. The predicted molar refractivity (Wildman–Crippen MR) is 74.1 cm³/mol. The molecule has 1 rings (SSSR count). The van der Waals surface area contributed by atoms with Crippen LogP contribution < -0.4 is 11.1 Å². The van der Waals surface area contributed by atoms with Crippen molar-refractivity contribution in [2.45, 2.75) is 20.3 Å². The number of anilines is 2. The first-order valence-electron chi connectivity index (χ1n) is 5.99. The molecule has 0 saturated heterocycles. The van der Waals surface area contributed by atoms with Gasteiger partial charge in [0.15, 0.2) is 0 Å². The Labute approximate surface area is 112 Å². The number of nitrogens with one attached hydrogen (secondary N) is 1. The van der Waals surface area contributed by atoms with E-state index in [4.69, 9.17) is 10.5 Å². The molecule has 106 valence electrons. The SMILES string of the molecule is COCCC(C)(C)CNc1ccc([N+](=O)[O-])c(N)n1. The van der Waals surface area contributed by atoms with Gasteiger partial charge in [-0.15, -0.1) is 0 Å². The van der Waals surface area contributed by atoms with Crippen LogP contribution in [-0.2, 0) is 4.74 Å². The maximum absolute atomic E-state index is 10.6. The van der Waals surface area contributed by atoms with Gasteiger partial charge in [-0.2, -0.15) is 0 Å².